The van der Waals surface area contributed by atoms with E-state index in [1.807, 2.05) is 24.3 Å². The summed E-state index contributed by atoms with van der Waals surface area (Å²) in [6, 6.07) is 16.6. The van der Waals surface area contributed by atoms with Crippen molar-refractivity contribution in [3.05, 3.63) is 76.9 Å². The van der Waals surface area contributed by atoms with Crippen molar-refractivity contribution in [3.8, 4) is 16.9 Å². The summed E-state index contributed by atoms with van der Waals surface area (Å²) < 4.78 is 42.1. The van der Waals surface area contributed by atoms with Crippen molar-refractivity contribution in [1.29, 1.82) is 0 Å². The van der Waals surface area contributed by atoms with Crippen molar-refractivity contribution in [2.75, 3.05) is 0 Å². The molecule has 3 rings (SSSR count). The number of alkyl halides is 3. The molecule has 0 aliphatic heterocycles. The van der Waals surface area contributed by atoms with Crippen molar-refractivity contribution in [1.82, 2.24) is 4.57 Å². The SMILES string of the molecule is FC(F)(F)c1ccccc1-n1cccc1-c1ccc(Br)cc1. The molecule has 0 radical (unpaired) electrons. The molecule has 0 aliphatic rings. The maximum absolute atomic E-state index is 13.2. The average molecular weight is 366 g/mol. The monoisotopic (exact) mass is 365 g/mol. The van der Waals surface area contributed by atoms with Gasteiger partial charge in [-0.2, -0.15) is 13.2 Å². The van der Waals surface area contributed by atoms with Crippen molar-refractivity contribution in [2.45, 2.75) is 6.18 Å². The van der Waals surface area contributed by atoms with Crippen LogP contribution in [0.2, 0.25) is 0 Å². The summed E-state index contributed by atoms with van der Waals surface area (Å²) in [5, 5.41) is 0. The van der Waals surface area contributed by atoms with E-state index < -0.39 is 11.7 Å². The first-order valence-corrected chi connectivity index (χ1v) is 7.36. The van der Waals surface area contributed by atoms with Gasteiger partial charge in [0.2, 0.25) is 0 Å². The standard InChI is InChI=1S/C17H11BrF3N/c18-13-9-7-12(8-10-13)15-6-3-11-22(15)16-5-2-1-4-14(16)17(19,20)21/h1-11H. The van der Waals surface area contributed by atoms with Crippen LogP contribution < -0.4 is 0 Å². The number of nitrogens with zero attached hydrogens (tertiary/aromatic N) is 1. The van der Waals surface area contributed by atoms with Crippen molar-refractivity contribution >= 4 is 15.9 Å². The van der Waals surface area contributed by atoms with Crippen LogP contribution in [-0.4, -0.2) is 4.57 Å². The van der Waals surface area contributed by atoms with E-state index in [1.54, 1.807) is 29.0 Å². The lowest BCUT2D eigenvalue weighted by atomic mass is 10.1. The minimum atomic E-state index is -4.39. The van der Waals surface area contributed by atoms with E-state index in [4.69, 9.17) is 0 Å². The third-order valence-electron chi connectivity index (χ3n) is 3.36. The van der Waals surface area contributed by atoms with Crippen molar-refractivity contribution in [3.63, 3.8) is 0 Å². The van der Waals surface area contributed by atoms with Gasteiger partial charge in [-0.05, 0) is 42.0 Å². The summed E-state index contributed by atoms with van der Waals surface area (Å²) in [6.07, 6.45) is -2.75. The molecule has 1 nitrogen and oxygen atoms in total. The molecule has 1 aromatic heterocycles. The van der Waals surface area contributed by atoms with Gasteiger partial charge in [-0.3, -0.25) is 0 Å². The molecule has 0 aliphatic carbocycles. The van der Waals surface area contributed by atoms with E-state index >= 15 is 0 Å². The first-order chi connectivity index (χ1) is 10.5. The summed E-state index contributed by atoms with van der Waals surface area (Å²) in [5.41, 5.74) is 1.04. The largest absolute Gasteiger partial charge is 0.418 e. The zero-order valence-corrected chi connectivity index (χ0v) is 12.9. The second-order valence-electron chi connectivity index (χ2n) is 4.79. The fourth-order valence-electron chi connectivity index (χ4n) is 2.37. The third-order valence-corrected chi connectivity index (χ3v) is 3.89. The Labute approximate surface area is 134 Å². The maximum atomic E-state index is 13.2. The zero-order valence-electron chi connectivity index (χ0n) is 11.3. The molecule has 0 fully saturated rings. The highest BCUT2D eigenvalue weighted by Crippen LogP contribution is 2.35. The van der Waals surface area contributed by atoms with Gasteiger partial charge in [0.1, 0.15) is 0 Å². The second-order valence-corrected chi connectivity index (χ2v) is 5.70. The van der Waals surface area contributed by atoms with Crippen LogP contribution in [0.1, 0.15) is 5.56 Å². The topological polar surface area (TPSA) is 4.93 Å². The Balaban J connectivity index is 2.16. The number of benzene rings is 2. The number of rotatable bonds is 2. The van der Waals surface area contributed by atoms with Crippen LogP contribution in [0.3, 0.4) is 0 Å². The summed E-state index contributed by atoms with van der Waals surface area (Å²) >= 11 is 3.35. The lowest BCUT2D eigenvalue weighted by molar-refractivity contribution is -0.137. The first kappa shape index (κ1) is 14.9. The molecule has 0 amide bonds. The van der Waals surface area contributed by atoms with Crippen LogP contribution >= 0.6 is 15.9 Å². The fourth-order valence-corrected chi connectivity index (χ4v) is 2.63. The zero-order chi connectivity index (χ0) is 15.7. The highest BCUT2D eigenvalue weighted by atomic mass is 79.9. The molecule has 0 atom stereocenters. The molecular weight excluding hydrogens is 355 g/mol. The summed E-state index contributed by atoms with van der Waals surface area (Å²) in [5.74, 6) is 0. The molecule has 0 saturated carbocycles. The number of halogens is 4. The molecule has 0 unspecified atom stereocenters. The first-order valence-electron chi connectivity index (χ1n) is 6.57. The molecule has 0 bridgehead atoms. The van der Waals surface area contributed by atoms with Crippen LogP contribution in [0.25, 0.3) is 16.9 Å². The van der Waals surface area contributed by atoms with Gasteiger partial charge in [-0.15, -0.1) is 0 Å². The van der Waals surface area contributed by atoms with E-state index in [-0.39, 0.29) is 5.69 Å². The third kappa shape index (κ3) is 2.81. The fraction of sp³-hybridized carbons (Fsp3) is 0.0588. The van der Waals surface area contributed by atoms with E-state index in [0.717, 1.165) is 16.1 Å². The van der Waals surface area contributed by atoms with Gasteiger partial charge in [0.05, 0.1) is 16.9 Å². The average Bonchev–Trinajstić information content (AvgIpc) is 2.96. The molecule has 112 valence electrons. The Kier molecular flexibility index (Phi) is 3.83. The van der Waals surface area contributed by atoms with Gasteiger partial charge in [0, 0.05) is 10.7 Å². The van der Waals surface area contributed by atoms with Gasteiger partial charge in [-0.25, -0.2) is 0 Å². The van der Waals surface area contributed by atoms with E-state index in [1.165, 1.54) is 12.1 Å². The molecular formula is C17H11BrF3N. The molecule has 3 aromatic rings. The second kappa shape index (κ2) is 5.65. The van der Waals surface area contributed by atoms with Crippen LogP contribution in [0.4, 0.5) is 13.2 Å². The predicted octanol–water partition coefficient (Wildman–Crippen LogP) is 5.93. The lowest BCUT2D eigenvalue weighted by Gasteiger charge is -2.16. The molecule has 1 heterocycles. The van der Waals surface area contributed by atoms with Gasteiger partial charge in [-0.1, -0.05) is 40.2 Å². The highest BCUT2D eigenvalue weighted by Gasteiger charge is 2.33. The Morgan fingerprint density at radius 1 is 0.818 bits per heavy atom. The van der Waals surface area contributed by atoms with Crippen LogP contribution in [0.15, 0.2) is 71.3 Å². The number of hydrogen-bond donors (Lipinski definition) is 0. The Morgan fingerprint density at radius 2 is 1.50 bits per heavy atom. The Morgan fingerprint density at radius 3 is 2.18 bits per heavy atom. The molecule has 22 heavy (non-hydrogen) atoms. The maximum Gasteiger partial charge on any atom is 0.418 e. The minimum absolute atomic E-state index is 0.123. The van der Waals surface area contributed by atoms with Crippen molar-refractivity contribution < 1.29 is 13.2 Å². The van der Waals surface area contributed by atoms with Gasteiger partial charge < -0.3 is 4.57 Å². The summed E-state index contributed by atoms with van der Waals surface area (Å²) in [7, 11) is 0. The Bertz CT molecular complexity index is 788. The molecule has 0 spiro atoms. The highest BCUT2D eigenvalue weighted by molar-refractivity contribution is 9.10. The normalized spacial score (nSPS) is 11.6. The van der Waals surface area contributed by atoms with Gasteiger partial charge >= 0.3 is 6.18 Å². The summed E-state index contributed by atoms with van der Waals surface area (Å²) in [6.45, 7) is 0. The Hall–Kier alpha value is -2.01. The van der Waals surface area contributed by atoms with Gasteiger partial charge in [0.15, 0.2) is 0 Å². The van der Waals surface area contributed by atoms with E-state index in [0.29, 0.717) is 5.69 Å². The molecule has 0 N–H and O–H groups in total. The molecule has 0 saturated heterocycles. The smallest absolute Gasteiger partial charge is 0.316 e. The van der Waals surface area contributed by atoms with Crippen LogP contribution in [-0.2, 0) is 6.18 Å². The predicted molar refractivity (Wildman–Crippen MR) is 83.9 cm³/mol. The van der Waals surface area contributed by atoms with Crippen LogP contribution in [0, 0.1) is 0 Å². The minimum Gasteiger partial charge on any atom is -0.316 e. The van der Waals surface area contributed by atoms with E-state index in [9.17, 15) is 13.2 Å². The van der Waals surface area contributed by atoms with E-state index in [2.05, 4.69) is 15.9 Å². The molecule has 2 aromatic carbocycles. The van der Waals surface area contributed by atoms with Crippen molar-refractivity contribution in [2.24, 2.45) is 0 Å². The number of hydrogen-bond acceptors (Lipinski definition) is 0. The lowest BCUT2D eigenvalue weighted by Crippen LogP contribution is -2.10. The molecule has 5 heteroatoms. The van der Waals surface area contributed by atoms with Gasteiger partial charge in [0.25, 0.3) is 0 Å². The number of aromatic nitrogens is 1. The van der Waals surface area contributed by atoms with Crippen LogP contribution in [0.5, 0.6) is 0 Å². The number of para-hydroxylation sites is 1. The quantitative estimate of drug-likeness (QED) is 0.530. The summed E-state index contributed by atoms with van der Waals surface area (Å²) in [4.78, 5) is 0.